The number of thiazole rings is 1. The summed E-state index contributed by atoms with van der Waals surface area (Å²) in [6.07, 6.45) is 0.408. The third kappa shape index (κ3) is 2.62. The van der Waals surface area contributed by atoms with E-state index in [9.17, 15) is 4.79 Å². The molecule has 0 aliphatic carbocycles. The molecule has 114 valence electrons. The molecule has 22 heavy (non-hydrogen) atoms. The predicted octanol–water partition coefficient (Wildman–Crippen LogP) is 3.40. The lowest BCUT2D eigenvalue weighted by Gasteiger charge is -2.09. The molecular formula is C16H17N3O2S. The fourth-order valence-electron chi connectivity index (χ4n) is 2.80. The fourth-order valence-corrected chi connectivity index (χ4v) is 3.64. The van der Waals surface area contributed by atoms with Crippen molar-refractivity contribution in [2.75, 3.05) is 0 Å². The number of aliphatic carboxylic acids is 1. The van der Waals surface area contributed by atoms with E-state index in [4.69, 9.17) is 5.11 Å². The highest BCUT2D eigenvalue weighted by Crippen LogP contribution is 2.31. The van der Waals surface area contributed by atoms with Gasteiger partial charge in [-0.15, -0.1) is 16.4 Å². The standard InChI is InChI=1S/C16H17N3O2S/c1-9-6-10(2)15(11(3)7-9)12-8-22-16-17-13(18-19(12)16)4-5-14(20)21/h6-8H,4-5H2,1-3H3,(H,20,21). The molecule has 0 spiro atoms. The number of aryl methyl sites for hydroxylation is 4. The van der Waals surface area contributed by atoms with E-state index in [0.29, 0.717) is 12.2 Å². The Morgan fingerprint density at radius 3 is 2.59 bits per heavy atom. The second-order valence-corrected chi connectivity index (χ2v) is 6.35. The Hall–Kier alpha value is -2.21. The summed E-state index contributed by atoms with van der Waals surface area (Å²) >= 11 is 1.53. The number of hydrogen-bond donors (Lipinski definition) is 1. The second kappa shape index (κ2) is 5.53. The van der Waals surface area contributed by atoms with Gasteiger partial charge >= 0.3 is 5.97 Å². The Balaban J connectivity index is 2.06. The maximum absolute atomic E-state index is 10.7. The maximum Gasteiger partial charge on any atom is 0.303 e. The zero-order valence-electron chi connectivity index (χ0n) is 12.8. The molecule has 0 atom stereocenters. The van der Waals surface area contributed by atoms with Crippen molar-refractivity contribution in [3.05, 3.63) is 40.0 Å². The third-order valence-electron chi connectivity index (χ3n) is 3.62. The molecule has 1 N–H and O–H groups in total. The molecule has 0 aliphatic heterocycles. The highest BCUT2D eigenvalue weighted by atomic mass is 32.1. The van der Waals surface area contributed by atoms with Gasteiger partial charge in [0.05, 0.1) is 12.1 Å². The summed E-state index contributed by atoms with van der Waals surface area (Å²) in [5, 5.41) is 15.3. The minimum Gasteiger partial charge on any atom is -0.481 e. The molecule has 2 heterocycles. The topological polar surface area (TPSA) is 67.5 Å². The van der Waals surface area contributed by atoms with E-state index in [0.717, 1.165) is 10.7 Å². The highest BCUT2D eigenvalue weighted by Gasteiger charge is 2.15. The van der Waals surface area contributed by atoms with Gasteiger partial charge in [-0.2, -0.15) is 0 Å². The van der Waals surface area contributed by atoms with Crippen LogP contribution in [0.4, 0.5) is 0 Å². The van der Waals surface area contributed by atoms with E-state index in [-0.39, 0.29) is 6.42 Å². The molecule has 0 radical (unpaired) electrons. The Labute approximate surface area is 132 Å². The number of carboxylic acid groups (broad SMARTS) is 1. The SMILES string of the molecule is Cc1cc(C)c(-c2csc3nc(CCC(=O)O)nn23)c(C)c1. The van der Waals surface area contributed by atoms with Gasteiger partial charge in [0.15, 0.2) is 5.82 Å². The molecule has 0 aliphatic rings. The Morgan fingerprint density at radius 2 is 1.95 bits per heavy atom. The number of hydrogen-bond acceptors (Lipinski definition) is 4. The number of aromatic nitrogens is 3. The molecule has 0 saturated carbocycles. The minimum atomic E-state index is -0.830. The number of benzene rings is 1. The van der Waals surface area contributed by atoms with Crippen molar-refractivity contribution in [2.24, 2.45) is 0 Å². The van der Waals surface area contributed by atoms with Crippen molar-refractivity contribution in [3.8, 4) is 11.3 Å². The summed E-state index contributed by atoms with van der Waals surface area (Å²) in [5.41, 5.74) is 5.85. The van der Waals surface area contributed by atoms with Crippen molar-refractivity contribution in [1.82, 2.24) is 14.6 Å². The van der Waals surface area contributed by atoms with Gasteiger partial charge in [-0.3, -0.25) is 4.79 Å². The monoisotopic (exact) mass is 315 g/mol. The van der Waals surface area contributed by atoms with Crippen molar-refractivity contribution in [1.29, 1.82) is 0 Å². The van der Waals surface area contributed by atoms with Gasteiger partial charge in [-0.05, 0) is 31.9 Å². The molecular weight excluding hydrogens is 298 g/mol. The summed E-state index contributed by atoms with van der Waals surface area (Å²) in [6, 6.07) is 4.32. The van der Waals surface area contributed by atoms with Crippen molar-refractivity contribution in [3.63, 3.8) is 0 Å². The van der Waals surface area contributed by atoms with Gasteiger partial charge in [-0.1, -0.05) is 17.7 Å². The van der Waals surface area contributed by atoms with Crippen LogP contribution >= 0.6 is 11.3 Å². The summed E-state index contributed by atoms with van der Waals surface area (Å²) in [5.74, 6) is -0.249. The van der Waals surface area contributed by atoms with Gasteiger partial charge in [0.1, 0.15) is 0 Å². The van der Waals surface area contributed by atoms with Crippen LogP contribution in [0.2, 0.25) is 0 Å². The van der Waals surface area contributed by atoms with Gasteiger partial charge in [0, 0.05) is 17.4 Å². The lowest BCUT2D eigenvalue weighted by atomic mass is 9.98. The first-order valence-electron chi connectivity index (χ1n) is 7.09. The Morgan fingerprint density at radius 1 is 1.27 bits per heavy atom. The quantitative estimate of drug-likeness (QED) is 0.801. The van der Waals surface area contributed by atoms with Crippen LogP contribution in [0.3, 0.4) is 0 Å². The number of fused-ring (bicyclic) bond motifs is 1. The molecule has 0 unspecified atom stereocenters. The van der Waals surface area contributed by atoms with Gasteiger partial charge in [0.25, 0.3) is 0 Å². The number of carbonyl (C=O) groups is 1. The molecule has 3 rings (SSSR count). The second-order valence-electron chi connectivity index (χ2n) is 5.51. The summed E-state index contributed by atoms with van der Waals surface area (Å²) < 4.78 is 1.83. The third-order valence-corrected chi connectivity index (χ3v) is 4.44. The van der Waals surface area contributed by atoms with Crippen LogP contribution < -0.4 is 0 Å². The zero-order chi connectivity index (χ0) is 15.9. The average Bonchev–Trinajstić information content (AvgIpc) is 2.96. The van der Waals surface area contributed by atoms with Gasteiger partial charge < -0.3 is 5.11 Å². The van der Waals surface area contributed by atoms with E-state index in [2.05, 4.69) is 48.4 Å². The van der Waals surface area contributed by atoms with Gasteiger partial charge in [0.2, 0.25) is 4.96 Å². The van der Waals surface area contributed by atoms with Crippen LogP contribution in [0.15, 0.2) is 17.5 Å². The van der Waals surface area contributed by atoms with E-state index in [1.165, 1.54) is 33.6 Å². The van der Waals surface area contributed by atoms with E-state index >= 15 is 0 Å². The summed E-state index contributed by atoms with van der Waals surface area (Å²) in [4.78, 5) is 15.9. The average molecular weight is 315 g/mol. The minimum absolute atomic E-state index is 0.0513. The van der Waals surface area contributed by atoms with Crippen molar-refractivity contribution in [2.45, 2.75) is 33.6 Å². The molecule has 3 aromatic rings. The summed E-state index contributed by atoms with van der Waals surface area (Å²) in [6.45, 7) is 6.29. The van der Waals surface area contributed by atoms with E-state index in [1.54, 1.807) is 0 Å². The number of nitrogens with zero attached hydrogens (tertiary/aromatic N) is 3. The van der Waals surface area contributed by atoms with E-state index in [1.807, 2.05) is 4.52 Å². The molecule has 5 nitrogen and oxygen atoms in total. The van der Waals surface area contributed by atoms with Crippen molar-refractivity contribution < 1.29 is 9.90 Å². The predicted molar refractivity (Wildman–Crippen MR) is 86.5 cm³/mol. The molecule has 0 fully saturated rings. The van der Waals surface area contributed by atoms with Gasteiger partial charge in [-0.25, -0.2) is 9.50 Å². The van der Waals surface area contributed by atoms with Crippen LogP contribution in [-0.4, -0.2) is 25.7 Å². The highest BCUT2D eigenvalue weighted by molar-refractivity contribution is 7.15. The summed E-state index contributed by atoms with van der Waals surface area (Å²) in [7, 11) is 0. The normalized spacial score (nSPS) is 11.2. The molecule has 0 bridgehead atoms. The maximum atomic E-state index is 10.7. The van der Waals surface area contributed by atoms with Crippen LogP contribution in [-0.2, 0) is 11.2 Å². The fraction of sp³-hybridized carbons (Fsp3) is 0.312. The van der Waals surface area contributed by atoms with Crippen molar-refractivity contribution >= 4 is 22.3 Å². The van der Waals surface area contributed by atoms with Crippen LogP contribution in [0.5, 0.6) is 0 Å². The zero-order valence-corrected chi connectivity index (χ0v) is 13.6. The number of carboxylic acids is 1. The number of rotatable bonds is 4. The van der Waals surface area contributed by atoms with Crippen LogP contribution in [0, 0.1) is 20.8 Å². The Bertz CT molecular complexity index is 841. The molecule has 1 aromatic carbocycles. The smallest absolute Gasteiger partial charge is 0.303 e. The largest absolute Gasteiger partial charge is 0.481 e. The molecule has 0 amide bonds. The van der Waals surface area contributed by atoms with Crippen LogP contribution in [0.25, 0.3) is 16.2 Å². The molecule has 0 saturated heterocycles. The van der Waals surface area contributed by atoms with Crippen LogP contribution in [0.1, 0.15) is 28.9 Å². The molecule has 2 aromatic heterocycles. The first kappa shape index (κ1) is 14.7. The first-order valence-corrected chi connectivity index (χ1v) is 7.97. The lowest BCUT2D eigenvalue weighted by Crippen LogP contribution is -2.00. The first-order chi connectivity index (χ1) is 10.5. The van der Waals surface area contributed by atoms with E-state index < -0.39 is 5.97 Å². The lowest BCUT2D eigenvalue weighted by molar-refractivity contribution is -0.137. The molecule has 6 heteroatoms. The Kier molecular flexibility index (Phi) is 3.70.